The summed E-state index contributed by atoms with van der Waals surface area (Å²) < 4.78 is 13.8. The molecule has 1 aromatic rings. The van der Waals surface area contributed by atoms with Crippen LogP contribution in [-0.4, -0.2) is 11.5 Å². The first-order valence-electron chi connectivity index (χ1n) is 7.03. The molecule has 0 aromatic carbocycles. The minimum Gasteiger partial charge on any atom is -0.310 e. The summed E-state index contributed by atoms with van der Waals surface area (Å²) in [7, 11) is 0. The molecule has 0 aliphatic rings. The fourth-order valence-electron chi connectivity index (χ4n) is 2.25. The van der Waals surface area contributed by atoms with Crippen LogP contribution >= 0.6 is 0 Å². The van der Waals surface area contributed by atoms with E-state index >= 15 is 0 Å². The molecule has 1 aromatic heterocycles. The van der Waals surface area contributed by atoms with Gasteiger partial charge in [0, 0.05) is 17.8 Å². The molecule has 18 heavy (non-hydrogen) atoms. The Morgan fingerprint density at radius 3 is 2.72 bits per heavy atom. The molecule has 0 saturated carbocycles. The van der Waals surface area contributed by atoms with Gasteiger partial charge in [0.05, 0.1) is 6.20 Å². The van der Waals surface area contributed by atoms with Gasteiger partial charge in [-0.25, -0.2) is 4.39 Å². The maximum absolute atomic E-state index is 13.8. The van der Waals surface area contributed by atoms with Crippen molar-refractivity contribution in [1.82, 2.24) is 10.3 Å². The summed E-state index contributed by atoms with van der Waals surface area (Å²) >= 11 is 0. The van der Waals surface area contributed by atoms with Crippen molar-refractivity contribution in [1.29, 1.82) is 0 Å². The zero-order chi connectivity index (χ0) is 13.4. The Bertz CT molecular complexity index is 341. The van der Waals surface area contributed by atoms with Gasteiger partial charge in [-0.1, -0.05) is 33.6 Å². The van der Waals surface area contributed by atoms with Crippen LogP contribution in [0.5, 0.6) is 0 Å². The molecule has 2 nitrogen and oxygen atoms in total. The fourth-order valence-corrected chi connectivity index (χ4v) is 2.25. The Labute approximate surface area is 110 Å². The molecular formula is C15H25FN2. The number of aromatic nitrogens is 1. The Morgan fingerprint density at radius 2 is 2.11 bits per heavy atom. The van der Waals surface area contributed by atoms with Crippen molar-refractivity contribution in [3.63, 3.8) is 0 Å². The molecule has 0 aliphatic heterocycles. The molecule has 0 fully saturated rings. The summed E-state index contributed by atoms with van der Waals surface area (Å²) in [6.07, 6.45) is 7.54. The summed E-state index contributed by atoms with van der Waals surface area (Å²) in [5.41, 5.74) is 0.752. The van der Waals surface area contributed by atoms with Gasteiger partial charge in [-0.05, 0) is 31.4 Å². The first-order chi connectivity index (χ1) is 8.70. The largest absolute Gasteiger partial charge is 0.310 e. The molecular weight excluding hydrogens is 227 g/mol. The molecule has 1 rings (SSSR count). The number of pyridine rings is 1. The lowest BCUT2D eigenvalue weighted by Crippen LogP contribution is -2.28. The summed E-state index contributed by atoms with van der Waals surface area (Å²) in [5.74, 6) is 0.239. The molecule has 0 spiro atoms. The van der Waals surface area contributed by atoms with Gasteiger partial charge in [-0.2, -0.15) is 0 Å². The molecule has 1 heterocycles. The zero-order valence-electron chi connectivity index (χ0n) is 11.7. The number of unbranched alkanes of at least 4 members (excludes halogenated alkanes) is 1. The quantitative estimate of drug-likeness (QED) is 0.754. The van der Waals surface area contributed by atoms with Gasteiger partial charge in [0.1, 0.15) is 5.82 Å². The van der Waals surface area contributed by atoms with Crippen LogP contribution in [0.2, 0.25) is 0 Å². The monoisotopic (exact) mass is 252 g/mol. The lowest BCUT2D eigenvalue weighted by Gasteiger charge is -2.26. The second-order valence-corrected chi connectivity index (χ2v) is 4.95. The summed E-state index contributed by atoms with van der Waals surface area (Å²) in [6.45, 7) is 7.43. The highest BCUT2D eigenvalue weighted by molar-refractivity contribution is 5.18. The number of hydrogen-bond donors (Lipinski definition) is 1. The van der Waals surface area contributed by atoms with E-state index < -0.39 is 0 Å². The normalized spacial score (nSPS) is 14.4. The van der Waals surface area contributed by atoms with Gasteiger partial charge < -0.3 is 5.32 Å². The van der Waals surface area contributed by atoms with Gasteiger partial charge in [0.2, 0.25) is 0 Å². The van der Waals surface area contributed by atoms with Crippen LogP contribution in [0.4, 0.5) is 4.39 Å². The second-order valence-electron chi connectivity index (χ2n) is 4.95. The van der Waals surface area contributed by atoms with Crippen LogP contribution < -0.4 is 5.32 Å². The van der Waals surface area contributed by atoms with Crippen LogP contribution in [0.15, 0.2) is 18.5 Å². The standard InChI is InChI=1S/C15H25FN2/c1-4-6-7-12(3)15(18-9-5-2)13-8-10-17-11-14(13)16/h8,10-12,15,18H,4-7,9H2,1-3H3. The van der Waals surface area contributed by atoms with Gasteiger partial charge in [-0.3, -0.25) is 4.98 Å². The van der Waals surface area contributed by atoms with Crippen LogP contribution in [0.3, 0.4) is 0 Å². The highest BCUT2D eigenvalue weighted by Crippen LogP contribution is 2.27. The van der Waals surface area contributed by atoms with E-state index in [1.807, 2.05) is 0 Å². The van der Waals surface area contributed by atoms with E-state index in [1.165, 1.54) is 19.0 Å². The van der Waals surface area contributed by atoms with E-state index in [2.05, 4.69) is 31.1 Å². The lowest BCUT2D eigenvalue weighted by atomic mass is 9.90. The van der Waals surface area contributed by atoms with Crippen molar-refractivity contribution < 1.29 is 4.39 Å². The first-order valence-corrected chi connectivity index (χ1v) is 7.03. The smallest absolute Gasteiger partial charge is 0.146 e. The molecule has 0 bridgehead atoms. The molecule has 0 aliphatic carbocycles. The minimum absolute atomic E-state index is 0.0968. The number of hydrogen-bond acceptors (Lipinski definition) is 2. The number of halogens is 1. The Kier molecular flexibility index (Phi) is 6.88. The van der Waals surface area contributed by atoms with Crippen LogP contribution in [0.25, 0.3) is 0 Å². The topological polar surface area (TPSA) is 24.9 Å². The molecule has 0 radical (unpaired) electrons. The summed E-state index contributed by atoms with van der Waals surface area (Å²) in [6, 6.07) is 1.89. The Morgan fingerprint density at radius 1 is 1.33 bits per heavy atom. The van der Waals surface area contributed by atoms with E-state index in [4.69, 9.17) is 0 Å². The van der Waals surface area contributed by atoms with Crippen molar-refractivity contribution in [2.24, 2.45) is 5.92 Å². The Hall–Kier alpha value is -0.960. The van der Waals surface area contributed by atoms with Crippen molar-refractivity contribution in [2.45, 2.75) is 52.5 Å². The molecule has 0 amide bonds. The summed E-state index contributed by atoms with van der Waals surface area (Å²) in [4.78, 5) is 3.83. The fraction of sp³-hybridized carbons (Fsp3) is 0.667. The van der Waals surface area contributed by atoms with Crippen LogP contribution in [0, 0.1) is 11.7 Å². The van der Waals surface area contributed by atoms with Gasteiger partial charge in [0.15, 0.2) is 0 Å². The zero-order valence-corrected chi connectivity index (χ0v) is 11.7. The average Bonchev–Trinajstić information content (AvgIpc) is 2.38. The minimum atomic E-state index is -0.200. The van der Waals surface area contributed by atoms with Crippen molar-refractivity contribution in [3.05, 3.63) is 29.8 Å². The number of nitrogens with one attached hydrogen (secondary N) is 1. The Balaban J connectivity index is 2.80. The number of rotatable bonds is 8. The van der Waals surface area contributed by atoms with E-state index in [0.29, 0.717) is 5.92 Å². The third kappa shape index (κ3) is 4.37. The maximum atomic E-state index is 13.8. The molecule has 2 atom stereocenters. The van der Waals surface area contributed by atoms with Gasteiger partial charge in [0.25, 0.3) is 0 Å². The van der Waals surface area contributed by atoms with E-state index in [1.54, 1.807) is 12.3 Å². The van der Waals surface area contributed by atoms with Crippen LogP contribution in [-0.2, 0) is 0 Å². The molecule has 3 heteroatoms. The summed E-state index contributed by atoms with van der Waals surface area (Å²) in [5, 5.41) is 3.47. The van der Waals surface area contributed by atoms with Gasteiger partial charge >= 0.3 is 0 Å². The molecule has 1 N–H and O–H groups in total. The third-order valence-corrected chi connectivity index (χ3v) is 3.34. The molecule has 0 saturated heterocycles. The first kappa shape index (κ1) is 15.1. The van der Waals surface area contributed by atoms with Crippen LogP contribution in [0.1, 0.15) is 58.1 Å². The predicted molar refractivity (Wildman–Crippen MR) is 73.9 cm³/mol. The SMILES string of the molecule is CCCCC(C)C(NCCC)c1ccncc1F. The lowest BCUT2D eigenvalue weighted by molar-refractivity contribution is 0.347. The van der Waals surface area contributed by atoms with Gasteiger partial charge in [-0.15, -0.1) is 0 Å². The predicted octanol–water partition coefficient (Wildman–Crippen LogP) is 4.09. The van der Waals surface area contributed by atoms with Crippen molar-refractivity contribution in [2.75, 3.05) is 6.54 Å². The van der Waals surface area contributed by atoms with Crippen molar-refractivity contribution >= 4 is 0 Å². The van der Waals surface area contributed by atoms with E-state index in [-0.39, 0.29) is 11.9 Å². The van der Waals surface area contributed by atoms with E-state index in [9.17, 15) is 4.39 Å². The number of nitrogens with zero attached hydrogens (tertiary/aromatic N) is 1. The van der Waals surface area contributed by atoms with E-state index in [0.717, 1.165) is 24.9 Å². The highest BCUT2D eigenvalue weighted by Gasteiger charge is 2.21. The average molecular weight is 252 g/mol. The third-order valence-electron chi connectivity index (χ3n) is 3.34. The van der Waals surface area contributed by atoms with Crippen molar-refractivity contribution in [3.8, 4) is 0 Å². The highest BCUT2D eigenvalue weighted by atomic mass is 19.1. The molecule has 2 unspecified atom stereocenters. The second kappa shape index (κ2) is 8.20. The molecule has 102 valence electrons. The maximum Gasteiger partial charge on any atom is 0.146 e.